The summed E-state index contributed by atoms with van der Waals surface area (Å²) in [5, 5.41) is 20.5. The van der Waals surface area contributed by atoms with Crippen LogP contribution in [-0.4, -0.2) is 12.5 Å². The molecule has 0 heterocycles. The molecule has 130 valence electrons. The molecule has 1 N–H and O–H groups in total. The maximum atomic E-state index is 12.6. The minimum atomic E-state index is -0.100. The van der Waals surface area contributed by atoms with Crippen molar-refractivity contribution < 1.29 is 4.79 Å². The van der Waals surface area contributed by atoms with E-state index in [1.807, 2.05) is 42.5 Å². The first-order valence-corrected chi connectivity index (χ1v) is 8.98. The van der Waals surface area contributed by atoms with Crippen LogP contribution in [0.3, 0.4) is 0 Å². The van der Waals surface area contributed by atoms with Gasteiger partial charge in [-0.05, 0) is 47.6 Å². The number of carbonyl (C=O) groups is 1. The van der Waals surface area contributed by atoms with E-state index in [2.05, 4.69) is 23.5 Å². The summed E-state index contributed by atoms with van der Waals surface area (Å²) in [5.41, 5.74) is 3.98. The topological polar surface area (TPSA) is 76.7 Å². The van der Waals surface area contributed by atoms with Crippen LogP contribution in [0.15, 0.2) is 48.5 Å². The second-order valence-corrected chi connectivity index (χ2v) is 6.65. The predicted octanol–water partition coefficient (Wildman–Crippen LogP) is 4.14. The molecule has 1 fully saturated rings. The summed E-state index contributed by atoms with van der Waals surface area (Å²) in [6.07, 6.45) is 3.97. The molecule has 2 atom stereocenters. The maximum absolute atomic E-state index is 12.6. The third-order valence-corrected chi connectivity index (χ3v) is 5.13. The number of hydrogen-bond acceptors (Lipinski definition) is 3. The fourth-order valence-electron chi connectivity index (χ4n) is 3.88. The normalized spacial score (nSPS) is 19.2. The number of rotatable bonds is 4. The van der Waals surface area contributed by atoms with Gasteiger partial charge in [-0.15, -0.1) is 0 Å². The molecule has 0 bridgehead atoms. The standard InChI is InChI=1S/C22H21N3O/c23-13-14-25-22(26)21-8-4-3-7-20(21)19-6-2-1-5-18(19)17-11-9-16(15-24)10-12-17/h1-2,5-6,9-12,20-21H,3-4,7-8,14H2,(H,25,26). The highest BCUT2D eigenvalue weighted by Crippen LogP contribution is 2.41. The van der Waals surface area contributed by atoms with E-state index in [0.717, 1.165) is 36.8 Å². The molecular weight excluding hydrogens is 322 g/mol. The van der Waals surface area contributed by atoms with E-state index in [0.29, 0.717) is 5.56 Å². The first kappa shape index (κ1) is 17.7. The molecule has 1 saturated carbocycles. The van der Waals surface area contributed by atoms with Crippen LogP contribution in [0.2, 0.25) is 0 Å². The number of nitrogens with one attached hydrogen (secondary N) is 1. The third kappa shape index (κ3) is 3.76. The largest absolute Gasteiger partial charge is 0.343 e. The monoisotopic (exact) mass is 343 g/mol. The average molecular weight is 343 g/mol. The summed E-state index contributed by atoms with van der Waals surface area (Å²) < 4.78 is 0. The van der Waals surface area contributed by atoms with Gasteiger partial charge in [0.1, 0.15) is 6.54 Å². The summed E-state index contributed by atoms with van der Waals surface area (Å²) in [6, 6.07) is 19.9. The molecule has 2 aromatic carbocycles. The van der Waals surface area contributed by atoms with E-state index in [1.165, 1.54) is 5.56 Å². The highest BCUT2D eigenvalue weighted by Gasteiger charge is 2.33. The molecule has 0 spiro atoms. The lowest BCUT2D eigenvalue weighted by Gasteiger charge is -2.32. The number of amides is 1. The third-order valence-electron chi connectivity index (χ3n) is 5.13. The Bertz CT molecular complexity index is 858. The summed E-state index contributed by atoms with van der Waals surface area (Å²) in [7, 11) is 0. The summed E-state index contributed by atoms with van der Waals surface area (Å²) in [6.45, 7) is 0.0549. The van der Waals surface area contributed by atoms with Gasteiger partial charge in [-0.25, -0.2) is 0 Å². The molecular formula is C22H21N3O. The Morgan fingerprint density at radius 3 is 2.50 bits per heavy atom. The van der Waals surface area contributed by atoms with E-state index in [1.54, 1.807) is 0 Å². The fraction of sp³-hybridized carbons (Fsp3) is 0.318. The molecule has 2 unspecified atom stereocenters. The van der Waals surface area contributed by atoms with Crippen molar-refractivity contribution in [3.8, 4) is 23.3 Å². The Hall–Kier alpha value is -3.11. The van der Waals surface area contributed by atoms with Crippen molar-refractivity contribution in [2.45, 2.75) is 31.6 Å². The lowest BCUT2D eigenvalue weighted by molar-refractivity contribution is -0.126. The Labute approximate surface area is 154 Å². The number of nitrogens with zero attached hydrogens (tertiary/aromatic N) is 2. The summed E-state index contributed by atoms with van der Waals surface area (Å²) in [5.74, 6) is 0.0248. The second kappa shape index (κ2) is 8.32. The smallest absolute Gasteiger partial charge is 0.224 e. The van der Waals surface area contributed by atoms with Gasteiger partial charge in [0, 0.05) is 5.92 Å². The van der Waals surface area contributed by atoms with Crippen molar-refractivity contribution in [3.63, 3.8) is 0 Å². The van der Waals surface area contributed by atoms with Gasteiger partial charge in [0.2, 0.25) is 5.91 Å². The first-order chi connectivity index (χ1) is 12.7. The van der Waals surface area contributed by atoms with E-state index in [-0.39, 0.29) is 24.3 Å². The van der Waals surface area contributed by atoms with Crippen LogP contribution in [0, 0.1) is 28.6 Å². The minimum absolute atomic E-state index is 0.0223. The molecule has 0 saturated heterocycles. The van der Waals surface area contributed by atoms with Crippen molar-refractivity contribution >= 4 is 5.91 Å². The highest BCUT2D eigenvalue weighted by atomic mass is 16.1. The molecule has 4 heteroatoms. The molecule has 0 aliphatic heterocycles. The van der Waals surface area contributed by atoms with E-state index >= 15 is 0 Å². The SMILES string of the molecule is N#CCNC(=O)C1CCCCC1c1ccccc1-c1ccc(C#N)cc1. The van der Waals surface area contributed by atoms with Crippen LogP contribution >= 0.6 is 0 Å². The molecule has 1 amide bonds. The van der Waals surface area contributed by atoms with Crippen molar-refractivity contribution in [1.82, 2.24) is 5.32 Å². The maximum Gasteiger partial charge on any atom is 0.224 e. The number of nitriles is 2. The van der Waals surface area contributed by atoms with Gasteiger partial charge in [0.25, 0.3) is 0 Å². The molecule has 4 nitrogen and oxygen atoms in total. The average Bonchev–Trinajstić information content (AvgIpc) is 2.72. The van der Waals surface area contributed by atoms with Gasteiger partial charge in [0.15, 0.2) is 0 Å². The predicted molar refractivity (Wildman–Crippen MR) is 99.9 cm³/mol. The second-order valence-electron chi connectivity index (χ2n) is 6.65. The van der Waals surface area contributed by atoms with E-state index in [4.69, 9.17) is 10.5 Å². The highest BCUT2D eigenvalue weighted by molar-refractivity contribution is 5.81. The van der Waals surface area contributed by atoms with Gasteiger partial charge in [-0.1, -0.05) is 49.2 Å². The number of carbonyl (C=O) groups excluding carboxylic acids is 1. The zero-order valence-corrected chi connectivity index (χ0v) is 14.6. The zero-order chi connectivity index (χ0) is 18.4. The minimum Gasteiger partial charge on any atom is -0.343 e. The lowest BCUT2D eigenvalue weighted by Crippen LogP contribution is -2.36. The van der Waals surface area contributed by atoms with Gasteiger partial charge in [-0.2, -0.15) is 10.5 Å². The number of benzene rings is 2. The summed E-state index contributed by atoms with van der Waals surface area (Å²) in [4.78, 5) is 12.6. The lowest BCUT2D eigenvalue weighted by atomic mass is 9.73. The van der Waals surface area contributed by atoms with Gasteiger partial charge < -0.3 is 5.32 Å². The molecule has 0 radical (unpaired) electrons. The quantitative estimate of drug-likeness (QED) is 0.848. The Morgan fingerprint density at radius 2 is 1.77 bits per heavy atom. The van der Waals surface area contributed by atoms with E-state index < -0.39 is 0 Å². The Morgan fingerprint density at radius 1 is 1.04 bits per heavy atom. The van der Waals surface area contributed by atoms with E-state index in [9.17, 15) is 4.79 Å². The molecule has 3 rings (SSSR count). The van der Waals surface area contributed by atoms with Gasteiger partial charge in [0.05, 0.1) is 17.7 Å². The van der Waals surface area contributed by atoms with Crippen molar-refractivity contribution in [2.75, 3.05) is 6.54 Å². The van der Waals surface area contributed by atoms with Crippen LogP contribution in [-0.2, 0) is 4.79 Å². The van der Waals surface area contributed by atoms with Crippen molar-refractivity contribution in [1.29, 1.82) is 10.5 Å². The summed E-state index contributed by atoms with van der Waals surface area (Å²) >= 11 is 0. The zero-order valence-electron chi connectivity index (χ0n) is 14.6. The van der Waals surface area contributed by atoms with Gasteiger partial charge in [-0.3, -0.25) is 4.79 Å². The molecule has 26 heavy (non-hydrogen) atoms. The molecule has 1 aliphatic rings. The Kier molecular flexibility index (Phi) is 5.66. The van der Waals surface area contributed by atoms with Crippen LogP contribution in [0.25, 0.3) is 11.1 Å². The molecule has 1 aliphatic carbocycles. The molecule has 0 aromatic heterocycles. The van der Waals surface area contributed by atoms with Crippen LogP contribution < -0.4 is 5.32 Å². The van der Waals surface area contributed by atoms with Crippen LogP contribution in [0.1, 0.15) is 42.7 Å². The van der Waals surface area contributed by atoms with Gasteiger partial charge >= 0.3 is 0 Å². The first-order valence-electron chi connectivity index (χ1n) is 8.98. The molecule has 2 aromatic rings. The van der Waals surface area contributed by atoms with Crippen LogP contribution in [0.5, 0.6) is 0 Å². The van der Waals surface area contributed by atoms with Crippen molar-refractivity contribution in [3.05, 3.63) is 59.7 Å². The Balaban J connectivity index is 1.95. The van der Waals surface area contributed by atoms with Crippen molar-refractivity contribution in [2.24, 2.45) is 5.92 Å². The van der Waals surface area contributed by atoms with Crippen LogP contribution in [0.4, 0.5) is 0 Å². The number of hydrogen-bond donors (Lipinski definition) is 1. The fourth-order valence-corrected chi connectivity index (χ4v) is 3.88.